The topological polar surface area (TPSA) is 55.8 Å². The van der Waals surface area contributed by atoms with E-state index in [1.165, 1.54) is 19.3 Å². The molecular formula is C27H29NO4. The minimum atomic E-state index is -0.748. The standard InChI is InChI=1S/C27H29NO4/c29-24-21-19-6-5-17-3-1-2-4-18(17)28(19)23(22(21)20-13-31-26(24)32-20)25(30)27-10-14-7-15(11-27)9-16(8-14)12-27/h1-6,14-16,19-23,26H,7-13H2/t14?,15?,16?,19-,20-,21-,22-,23-,26+,27?/m1/s1. The van der Waals surface area contributed by atoms with Crippen molar-refractivity contribution < 1.29 is 19.1 Å². The molecule has 6 atom stereocenters. The Balaban J connectivity index is 1.28. The van der Waals surface area contributed by atoms with Crippen LogP contribution in [0.5, 0.6) is 0 Å². The Bertz CT molecular complexity index is 1030. The molecule has 6 bridgehead atoms. The van der Waals surface area contributed by atoms with Gasteiger partial charge in [0.15, 0.2) is 11.6 Å². The number of hydrogen-bond acceptors (Lipinski definition) is 5. The summed E-state index contributed by atoms with van der Waals surface area (Å²) < 4.78 is 11.8. The maximum atomic E-state index is 14.7. The molecule has 5 heteroatoms. The van der Waals surface area contributed by atoms with Crippen molar-refractivity contribution in [1.29, 1.82) is 0 Å². The molecule has 9 rings (SSSR count). The Hall–Kier alpha value is -1.98. The van der Waals surface area contributed by atoms with Crippen molar-refractivity contribution in [3.8, 4) is 0 Å². The van der Waals surface area contributed by atoms with E-state index in [0.29, 0.717) is 12.4 Å². The van der Waals surface area contributed by atoms with Crippen LogP contribution in [0.4, 0.5) is 5.69 Å². The van der Waals surface area contributed by atoms with Gasteiger partial charge in [-0.15, -0.1) is 0 Å². The summed E-state index contributed by atoms with van der Waals surface area (Å²) in [6.07, 6.45) is 10.5. The predicted octanol–water partition coefficient (Wildman–Crippen LogP) is 3.61. The van der Waals surface area contributed by atoms with E-state index in [4.69, 9.17) is 9.47 Å². The van der Waals surface area contributed by atoms with Crippen molar-refractivity contribution in [2.45, 2.75) is 63.0 Å². The fraction of sp³-hybridized carbons (Fsp3) is 0.630. The molecule has 5 nitrogen and oxygen atoms in total. The molecule has 8 aliphatic rings. The molecule has 3 saturated heterocycles. The quantitative estimate of drug-likeness (QED) is 0.716. The highest BCUT2D eigenvalue weighted by molar-refractivity contribution is 5.99. The monoisotopic (exact) mass is 431 g/mol. The first-order chi connectivity index (χ1) is 15.6. The van der Waals surface area contributed by atoms with E-state index in [1.807, 2.05) is 6.07 Å². The third-order valence-electron chi connectivity index (χ3n) is 9.99. The maximum Gasteiger partial charge on any atom is 0.218 e. The first-order valence-electron chi connectivity index (χ1n) is 12.5. The number of carbonyl (C=O) groups excluding carboxylic acids is 2. The summed E-state index contributed by atoms with van der Waals surface area (Å²) in [4.78, 5) is 30.5. The van der Waals surface area contributed by atoms with Gasteiger partial charge in [0.25, 0.3) is 0 Å². The average molecular weight is 432 g/mol. The van der Waals surface area contributed by atoms with E-state index >= 15 is 0 Å². The Morgan fingerprint density at radius 1 is 1.03 bits per heavy atom. The number of rotatable bonds is 2. The molecule has 32 heavy (non-hydrogen) atoms. The Morgan fingerprint density at radius 3 is 2.50 bits per heavy atom. The number of benzene rings is 1. The molecule has 0 aromatic heterocycles. The molecule has 1 aromatic rings. The summed E-state index contributed by atoms with van der Waals surface area (Å²) in [5.74, 6) is 2.24. The number of hydrogen-bond donors (Lipinski definition) is 0. The molecule has 4 aliphatic heterocycles. The van der Waals surface area contributed by atoms with Crippen LogP contribution in [-0.4, -0.2) is 42.7 Å². The molecule has 0 unspecified atom stereocenters. The van der Waals surface area contributed by atoms with Gasteiger partial charge in [-0.25, -0.2) is 0 Å². The van der Waals surface area contributed by atoms with Gasteiger partial charge in [0.05, 0.1) is 30.7 Å². The van der Waals surface area contributed by atoms with Crippen molar-refractivity contribution in [3.05, 3.63) is 35.9 Å². The summed E-state index contributed by atoms with van der Waals surface area (Å²) >= 11 is 0. The molecule has 0 spiro atoms. The van der Waals surface area contributed by atoms with Gasteiger partial charge < -0.3 is 14.4 Å². The van der Waals surface area contributed by atoms with Gasteiger partial charge in [-0.2, -0.15) is 0 Å². The zero-order valence-electron chi connectivity index (χ0n) is 18.2. The van der Waals surface area contributed by atoms with Crippen LogP contribution in [0.15, 0.2) is 30.3 Å². The fourth-order valence-corrected chi connectivity index (χ4v) is 9.30. The van der Waals surface area contributed by atoms with Gasteiger partial charge in [-0.3, -0.25) is 9.59 Å². The van der Waals surface area contributed by atoms with Gasteiger partial charge in [0, 0.05) is 17.0 Å². The smallest absolute Gasteiger partial charge is 0.218 e. The van der Waals surface area contributed by atoms with Crippen LogP contribution >= 0.6 is 0 Å². The zero-order valence-corrected chi connectivity index (χ0v) is 18.2. The molecule has 4 saturated carbocycles. The highest BCUT2D eigenvalue weighted by Crippen LogP contribution is 2.62. The fourth-order valence-electron chi connectivity index (χ4n) is 9.30. The summed E-state index contributed by atoms with van der Waals surface area (Å²) in [5, 5.41) is 0. The highest BCUT2D eigenvalue weighted by atomic mass is 16.7. The van der Waals surface area contributed by atoms with E-state index < -0.39 is 6.29 Å². The van der Waals surface area contributed by atoms with Gasteiger partial charge in [0.2, 0.25) is 6.29 Å². The second kappa shape index (κ2) is 6.12. The summed E-state index contributed by atoms with van der Waals surface area (Å²) in [5.41, 5.74) is 2.04. The SMILES string of the molecule is O=C1[C@H]2OC[C@@H](O2)[C@@H]2[C@H]1[C@H]1C=Cc3ccccc3N1[C@H]2C(=O)C12CC3CC(CC(C3)C1)C2. The Morgan fingerprint density at radius 2 is 1.75 bits per heavy atom. The van der Waals surface area contributed by atoms with Gasteiger partial charge in [-0.05, 0) is 67.9 Å². The molecular weight excluding hydrogens is 402 g/mol. The normalized spacial score (nSPS) is 49.2. The van der Waals surface area contributed by atoms with Gasteiger partial charge in [-0.1, -0.05) is 30.4 Å². The van der Waals surface area contributed by atoms with Crippen LogP contribution < -0.4 is 4.90 Å². The Kier molecular flexibility index (Phi) is 3.53. The van der Waals surface area contributed by atoms with Crippen LogP contribution in [0, 0.1) is 35.0 Å². The predicted molar refractivity (Wildman–Crippen MR) is 118 cm³/mol. The lowest BCUT2D eigenvalue weighted by atomic mass is 9.47. The van der Waals surface area contributed by atoms with Gasteiger partial charge >= 0.3 is 0 Å². The summed E-state index contributed by atoms with van der Waals surface area (Å²) in [7, 11) is 0. The van der Waals surface area contributed by atoms with Crippen LogP contribution in [0.1, 0.15) is 44.1 Å². The maximum absolute atomic E-state index is 14.7. The lowest BCUT2D eigenvalue weighted by Crippen LogP contribution is -2.58. The second-order valence-corrected chi connectivity index (χ2v) is 11.7. The number of Topliss-reactive ketones (excluding diaryl/α,β-unsaturated/α-hetero) is 2. The van der Waals surface area contributed by atoms with Crippen LogP contribution in [0.3, 0.4) is 0 Å². The summed E-state index contributed by atoms with van der Waals surface area (Å²) in [6.45, 7) is 0.425. The molecule has 1 aromatic carbocycles. The lowest BCUT2D eigenvalue weighted by Gasteiger charge is -2.57. The van der Waals surface area contributed by atoms with Crippen molar-refractivity contribution in [2.75, 3.05) is 11.5 Å². The molecule has 0 radical (unpaired) electrons. The number of fused-ring (bicyclic) bond motifs is 8. The lowest BCUT2D eigenvalue weighted by molar-refractivity contribution is -0.166. The molecule has 4 heterocycles. The van der Waals surface area contributed by atoms with Crippen LogP contribution in [0.2, 0.25) is 0 Å². The van der Waals surface area contributed by atoms with Crippen molar-refractivity contribution in [1.82, 2.24) is 0 Å². The number of ketones is 2. The number of para-hydroxylation sites is 1. The van der Waals surface area contributed by atoms with Crippen molar-refractivity contribution >= 4 is 23.3 Å². The van der Waals surface area contributed by atoms with E-state index in [1.54, 1.807) is 0 Å². The molecule has 7 fully saturated rings. The largest absolute Gasteiger partial charge is 0.353 e. The number of ether oxygens (including phenoxy) is 2. The zero-order chi connectivity index (χ0) is 21.2. The molecule has 166 valence electrons. The minimum absolute atomic E-state index is 0.0311. The first kappa shape index (κ1) is 18.4. The second-order valence-electron chi connectivity index (χ2n) is 11.7. The van der Waals surface area contributed by atoms with E-state index in [-0.39, 0.29) is 41.2 Å². The number of nitrogens with zero attached hydrogens (tertiary/aromatic N) is 1. The van der Waals surface area contributed by atoms with E-state index in [9.17, 15) is 9.59 Å². The molecule has 4 aliphatic carbocycles. The highest BCUT2D eigenvalue weighted by Gasteiger charge is 2.66. The minimum Gasteiger partial charge on any atom is -0.353 e. The van der Waals surface area contributed by atoms with Crippen molar-refractivity contribution in [2.24, 2.45) is 35.0 Å². The van der Waals surface area contributed by atoms with E-state index in [2.05, 4.69) is 35.3 Å². The molecule has 0 N–H and O–H groups in total. The third-order valence-corrected chi connectivity index (χ3v) is 9.99. The third kappa shape index (κ3) is 2.22. The van der Waals surface area contributed by atoms with Gasteiger partial charge in [0.1, 0.15) is 0 Å². The van der Waals surface area contributed by atoms with Crippen LogP contribution in [-0.2, 0) is 19.1 Å². The average Bonchev–Trinajstić information content (AvgIpc) is 3.37. The van der Waals surface area contributed by atoms with Crippen LogP contribution in [0.25, 0.3) is 6.08 Å². The first-order valence-corrected chi connectivity index (χ1v) is 12.5. The summed E-state index contributed by atoms with van der Waals surface area (Å²) in [6, 6.07) is 7.96. The number of carbonyl (C=O) groups is 2. The molecule has 0 amide bonds. The number of anilines is 1. The van der Waals surface area contributed by atoms with Crippen molar-refractivity contribution in [3.63, 3.8) is 0 Å². The van der Waals surface area contributed by atoms with E-state index in [0.717, 1.165) is 48.3 Å². The Labute approximate surface area is 188 Å².